The molecule has 0 bridgehead atoms. The maximum Gasteiger partial charge on any atom is 0.322 e. The smallest absolute Gasteiger partial charge is 0.322 e. The quantitative estimate of drug-likeness (QED) is 0.213. The Morgan fingerprint density at radius 1 is 1.10 bits per heavy atom. The van der Waals surface area contributed by atoms with Crippen LogP contribution in [0.15, 0.2) is 0 Å². The van der Waals surface area contributed by atoms with E-state index < -0.39 is 36.4 Å². The Morgan fingerprint density at radius 3 is 2.38 bits per heavy atom. The average Bonchev–Trinajstić information content (AvgIpc) is 3.19. The SMILES string of the molecule is CC(C)CC(NC(=O)C1CCCN1)C(=O)NC(CCCCN)C(=O)NCC(=O)O. The minimum absolute atomic E-state index is 0.152. The molecule has 1 saturated heterocycles. The Bertz CT molecular complexity index is 563. The lowest BCUT2D eigenvalue weighted by atomic mass is 10.0. The second kappa shape index (κ2) is 13.1. The van der Waals surface area contributed by atoms with Gasteiger partial charge in [-0.3, -0.25) is 19.2 Å². The molecule has 10 nitrogen and oxygen atoms in total. The van der Waals surface area contributed by atoms with Gasteiger partial charge in [-0.1, -0.05) is 13.8 Å². The van der Waals surface area contributed by atoms with Gasteiger partial charge in [0.25, 0.3) is 0 Å². The standard InChI is InChI=1S/C19H35N5O5/c1-12(2)10-15(24-18(28)13-7-5-9-21-13)19(29)23-14(6-3-4-8-20)17(27)22-11-16(25)26/h12-15,21H,3-11,20H2,1-2H3,(H,22,27)(H,23,29)(H,24,28)(H,25,26). The van der Waals surface area contributed by atoms with Gasteiger partial charge in [-0.15, -0.1) is 0 Å². The third kappa shape index (κ3) is 9.71. The van der Waals surface area contributed by atoms with Crippen LogP contribution in [0.4, 0.5) is 0 Å². The molecule has 0 aromatic heterocycles. The van der Waals surface area contributed by atoms with Gasteiger partial charge in [0, 0.05) is 0 Å². The van der Waals surface area contributed by atoms with Gasteiger partial charge < -0.3 is 32.1 Å². The van der Waals surface area contributed by atoms with Gasteiger partial charge in [0.1, 0.15) is 18.6 Å². The normalized spacial score (nSPS) is 18.1. The molecule has 1 heterocycles. The highest BCUT2D eigenvalue weighted by Crippen LogP contribution is 2.10. The number of carbonyl (C=O) groups is 4. The summed E-state index contributed by atoms with van der Waals surface area (Å²) >= 11 is 0. The Balaban J connectivity index is 2.77. The van der Waals surface area contributed by atoms with E-state index in [1.807, 2.05) is 13.8 Å². The van der Waals surface area contributed by atoms with Gasteiger partial charge in [-0.05, 0) is 57.5 Å². The van der Waals surface area contributed by atoms with Crippen LogP contribution in [0, 0.1) is 5.92 Å². The van der Waals surface area contributed by atoms with Crippen molar-refractivity contribution < 1.29 is 24.3 Å². The second-order valence-electron chi connectivity index (χ2n) is 7.80. The Kier molecular flexibility index (Phi) is 11.2. The first-order valence-electron chi connectivity index (χ1n) is 10.3. The minimum Gasteiger partial charge on any atom is -0.480 e. The summed E-state index contributed by atoms with van der Waals surface area (Å²) in [5, 5.41) is 19.6. The number of nitrogens with one attached hydrogen (secondary N) is 4. The summed E-state index contributed by atoms with van der Waals surface area (Å²) < 4.78 is 0. The molecule has 1 aliphatic heterocycles. The maximum absolute atomic E-state index is 12.8. The van der Waals surface area contributed by atoms with Crippen molar-refractivity contribution in [2.24, 2.45) is 11.7 Å². The van der Waals surface area contributed by atoms with Crippen LogP contribution in [0.25, 0.3) is 0 Å². The van der Waals surface area contributed by atoms with E-state index in [1.165, 1.54) is 0 Å². The monoisotopic (exact) mass is 413 g/mol. The summed E-state index contributed by atoms with van der Waals surface area (Å²) in [6.07, 6.45) is 3.68. The highest BCUT2D eigenvalue weighted by molar-refractivity contribution is 5.93. The topological polar surface area (TPSA) is 163 Å². The highest BCUT2D eigenvalue weighted by Gasteiger charge is 2.30. The first kappa shape index (κ1) is 24.8. The summed E-state index contributed by atoms with van der Waals surface area (Å²) in [5.74, 6) is -2.25. The number of rotatable bonds is 13. The van der Waals surface area contributed by atoms with Crippen molar-refractivity contribution in [3.63, 3.8) is 0 Å². The highest BCUT2D eigenvalue weighted by atomic mass is 16.4. The van der Waals surface area contributed by atoms with E-state index >= 15 is 0 Å². The number of carboxylic acids is 1. The molecule has 1 rings (SSSR count). The first-order valence-corrected chi connectivity index (χ1v) is 10.3. The third-order valence-electron chi connectivity index (χ3n) is 4.71. The molecule has 0 spiro atoms. The molecule has 3 amide bonds. The van der Waals surface area contributed by atoms with Crippen LogP contribution in [-0.2, 0) is 19.2 Å². The van der Waals surface area contributed by atoms with Crippen molar-refractivity contribution >= 4 is 23.7 Å². The van der Waals surface area contributed by atoms with Crippen LogP contribution >= 0.6 is 0 Å². The number of amides is 3. The summed E-state index contributed by atoms with van der Waals surface area (Å²) in [5.41, 5.74) is 5.49. The molecule has 3 unspecified atom stereocenters. The van der Waals surface area contributed by atoms with E-state index in [0.717, 1.165) is 19.4 Å². The fourth-order valence-electron chi connectivity index (χ4n) is 3.20. The summed E-state index contributed by atoms with van der Waals surface area (Å²) in [6.45, 7) is 4.59. The van der Waals surface area contributed by atoms with Gasteiger partial charge in [0.2, 0.25) is 17.7 Å². The van der Waals surface area contributed by atoms with Crippen molar-refractivity contribution in [1.29, 1.82) is 0 Å². The van der Waals surface area contributed by atoms with Gasteiger partial charge in [0.05, 0.1) is 6.04 Å². The molecule has 0 aromatic carbocycles. The van der Waals surface area contributed by atoms with Crippen molar-refractivity contribution in [2.75, 3.05) is 19.6 Å². The molecule has 3 atom stereocenters. The van der Waals surface area contributed by atoms with E-state index in [1.54, 1.807) is 0 Å². The molecule has 166 valence electrons. The predicted octanol–water partition coefficient (Wildman–Crippen LogP) is -0.916. The molecule has 10 heteroatoms. The van der Waals surface area contributed by atoms with E-state index in [9.17, 15) is 19.2 Å². The van der Waals surface area contributed by atoms with Gasteiger partial charge in [0.15, 0.2) is 0 Å². The Labute approximate surface area is 171 Å². The molecule has 0 aromatic rings. The fourth-order valence-corrected chi connectivity index (χ4v) is 3.20. The summed E-state index contributed by atoms with van der Waals surface area (Å²) in [7, 11) is 0. The Morgan fingerprint density at radius 2 is 1.83 bits per heavy atom. The molecule has 29 heavy (non-hydrogen) atoms. The van der Waals surface area contributed by atoms with Crippen molar-refractivity contribution in [3.05, 3.63) is 0 Å². The maximum atomic E-state index is 12.8. The van der Waals surface area contributed by atoms with E-state index in [4.69, 9.17) is 10.8 Å². The molecule has 7 N–H and O–H groups in total. The van der Waals surface area contributed by atoms with Crippen LogP contribution < -0.4 is 27.0 Å². The van der Waals surface area contributed by atoms with Gasteiger partial charge >= 0.3 is 5.97 Å². The van der Waals surface area contributed by atoms with Gasteiger partial charge in [-0.25, -0.2) is 0 Å². The largest absolute Gasteiger partial charge is 0.480 e. The summed E-state index contributed by atoms with van der Waals surface area (Å²) in [6, 6.07) is -1.96. The molecule has 1 aliphatic rings. The summed E-state index contributed by atoms with van der Waals surface area (Å²) in [4.78, 5) is 48.3. The van der Waals surface area contributed by atoms with E-state index in [-0.39, 0.29) is 17.9 Å². The molecule has 1 fully saturated rings. The zero-order chi connectivity index (χ0) is 21.8. The number of nitrogens with two attached hydrogens (primary N) is 1. The number of unbranched alkanes of at least 4 members (excludes halogenated alkanes) is 1. The third-order valence-corrected chi connectivity index (χ3v) is 4.71. The number of hydrogen-bond acceptors (Lipinski definition) is 6. The van der Waals surface area contributed by atoms with Crippen LogP contribution in [-0.4, -0.2) is 66.6 Å². The molecule has 0 saturated carbocycles. The Hall–Kier alpha value is -2.20. The van der Waals surface area contributed by atoms with Crippen molar-refractivity contribution in [3.8, 4) is 0 Å². The molecule has 0 aliphatic carbocycles. The average molecular weight is 414 g/mol. The van der Waals surface area contributed by atoms with Crippen molar-refractivity contribution in [1.82, 2.24) is 21.3 Å². The molecule has 0 radical (unpaired) electrons. The van der Waals surface area contributed by atoms with E-state index in [0.29, 0.717) is 32.2 Å². The number of hydrogen-bond donors (Lipinski definition) is 6. The predicted molar refractivity (Wildman–Crippen MR) is 108 cm³/mol. The van der Waals surface area contributed by atoms with Crippen LogP contribution in [0.2, 0.25) is 0 Å². The zero-order valence-electron chi connectivity index (χ0n) is 17.3. The lowest BCUT2D eigenvalue weighted by molar-refractivity contribution is -0.138. The van der Waals surface area contributed by atoms with Crippen molar-refractivity contribution in [2.45, 2.75) is 70.5 Å². The fraction of sp³-hybridized carbons (Fsp3) is 0.789. The van der Waals surface area contributed by atoms with Crippen LogP contribution in [0.5, 0.6) is 0 Å². The number of carboxylic acid groups (broad SMARTS) is 1. The molecular formula is C19H35N5O5. The minimum atomic E-state index is -1.17. The molecular weight excluding hydrogens is 378 g/mol. The zero-order valence-corrected chi connectivity index (χ0v) is 17.3. The second-order valence-corrected chi connectivity index (χ2v) is 7.80. The lowest BCUT2D eigenvalue weighted by Crippen LogP contribution is -2.56. The van der Waals surface area contributed by atoms with E-state index in [2.05, 4.69) is 21.3 Å². The lowest BCUT2D eigenvalue weighted by Gasteiger charge is -2.25. The number of carbonyl (C=O) groups excluding carboxylic acids is 3. The van der Waals surface area contributed by atoms with Gasteiger partial charge in [-0.2, -0.15) is 0 Å². The number of aliphatic carboxylic acids is 1. The van der Waals surface area contributed by atoms with Crippen LogP contribution in [0.1, 0.15) is 52.4 Å². The van der Waals surface area contributed by atoms with Crippen LogP contribution in [0.3, 0.4) is 0 Å². The first-order chi connectivity index (χ1) is 13.7.